The van der Waals surface area contributed by atoms with Gasteiger partial charge in [0.05, 0.1) is 18.1 Å². The molecule has 3 N–H and O–H groups in total. The number of amides is 2. The Bertz CT molecular complexity index is 878. The topological polar surface area (TPSA) is 139 Å². The quantitative estimate of drug-likeness (QED) is 0.0988. The van der Waals surface area contributed by atoms with Crippen LogP contribution in [0.4, 0.5) is 0 Å². The van der Waals surface area contributed by atoms with Crippen molar-refractivity contribution in [2.75, 3.05) is 5.75 Å². The van der Waals surface area contributed by atoms with Crippen LogP contribution in [-0.4, -0.2) is 64.9 Å². The lowest BCUT2D eigenvalue weighted by molar-refractivity contribution is -0.132. The monoisotopic (exact) mass is 615 g/mol. The van der Waals surface area contributed by atoms with E-state index in [1.54, 1.807) is 34.6 Å². The Balaban J connectivity index is 5.31. The van der Waals surface area contributed by atoms with Crippen LogP contribution in [0.25, 0.3) is 0 Å². The van der Waals surface area contributed by atoms with Crippen molar-refractivity contribution in [3.63, 3.8) is 0 Å². The minimum atomic E-state index is -0.864. The van der Waals surface area contributed by atoms with Gasteiger partial charge in [0.15, 0.2) is 11.6 Å². The van der Waals surface area contributed by atoms with Gasteiger partial charge in [0.25, 0.3) is 0 Å². The van der Waals surface area contributed by atoms with Gasteiger partial charge < -0.3 is 16.0 Å². The van der Waals surface area contributed by atoms with Gasteiger partial charge in [-0.25, -0.2) is 0 Å². The van der Waals surface area contributed by atoms with E-state index in [0.717, 1.165) is 0 Å². The predicted octanol–water partition coefficient (Wildman–Crippen LogP) is 4.27. The molecule has 0 rings (SSSR count). The molecule has 9 nitrogen and oxygen atoms in total. The summed E-state index contributed by atoms with van der Waals surface area (Å²) < 4.78 is 0. The molecule has 11 heteroatoms. The Kier molecular flexibility index (Phi) is 20.2. The zero-order valence-electron chi connectivity index (χ0n) is 26.2. The fraction of sp³-hybridized carbons (Fsp3) is 0.800. The summed E-state index contributed by atoms with van der Waals surface area (Å²) in [5.74, 6) is -1.30. The number of hydrogen-bond donors (Lipinski definition) is 4. The molecule has 4 atom stereocenters. The van der Waals surface area contributed by atoms with E-state index in [1.165, 1.54) is 10.8 Å². The second-order valence-corrected chi connectivity index (χ2v) is 12.9. The molecule has 0 aliphatic heterocycles. The number of Topliss-reactive ketones (excluding diaryl/α,β-unsaturated/α-hetero) is 4. The Hall–Kier alpha value is -1.72. The molecule has 0 saturated heterocycles. The number of nitrogens with one attached hydrogen (secondary N) is 3. The maximum atomic E-state index is 12.9. The van der Waals surface area contributed by atoms with Crippen LogP contribution in [0.3, 0.4) is 0 Å². The van der Waals surface area contributed by atoms with Crippen molar-refractivity contribution in [2.45, 2.75) is 131 Å². The normalized spacial score (nSPS) is 14.4. The molecule has 4 unspecified atom stereocenters. The average Bonchev–Trinajstić information content (AvgIpc) is 2.92. The molecular formula is C30H53N3O6S2. The summed E-state index contributed by atoms with van der Waals surface area (Å²) in [6.07, 6.45) is 1.81. The van der Waals surface area contributed by atoms with Gasteiger partial charge in [-0.15, -0.1) is 11.7 Å². The molecule has 0 heterocycles. The summed E-state index contributed by atoms with van der Waals surface area (Å²) in [6.45, 7) is 14.5. The van der Waals surface area contributed by atoms with Crippen LogP contribution in [0.5, 0.6) is 0 Å². The molecule has 236 valence electrons. The average molecular weight is 616 g/mol. The molecule has 0 saturated carbocycles. The second kappa shape index (κ2) is 21.0. The molecule has 2 amide bonds. The summed E-state index contributed by atoms with van der Waals surface area (Å²) in [6, 6.07) is -2.03. The van der Waals surface area contributed by atoms with Gasteiger partial charge in [-0.2, -0.15) is 0 Å². The second-order valence-electron chi connectivity index (χ2n) is 11.5. The van der Waals surface area contributed by atoms with Gasteiger partial charge in [-0.05, 0) is 25.7 Å². The van der Waals surface area contributed by atoms with Crippen LogP contribution in [0.15, 0.2) is 0 Å². The fourth-order valence-electron chi connectivity index (χ4n) is 4.46. The maximum absolute atomic E-state index is 12.9. The van der Waals surface area contributed by atoms with Gasteiger partial charge in [0.2, 0.25) is 11.8 Å². The van der Waals surface area contributed by atoms with Crippen LogP contribution in [0.2, 0.25) is 0 Å². The number of carbonyl (C=O) groups is 6. The van der Waals surface area contributed by atoms with E-state index in [0.29, 0.717) is 25.0 Å². The standard InChI is InChI=1S/C30H53N3O6S2/c1-9-21(17-41-40)26(35)14-11-23(29(38)18(3)4)32-28(37)16-13-24(30(39)19(5)6)33-27(36)15-12-22(25(34)10-2)31-20(7)8/h18-24,31,40H,9-17H2,1-8H3,(H,32,37)(H,33,36). The third-order valence-electron chi connectivity index (χ3n) is 6.99. The Morgan fingerprint density at radius 1 is 0.659 bits per heavy atom. The number of thiol groups is 1. The molecule has 0 aromatic carbocycles. The largest absolute Gasteiger partial charge is 0.346 e. The Morgan fingerprint density at radius 3 is 1.46 bits per heavy atom. The molecule has 41 heavy (non-hydrogen) atoms. The van der Waals surface area contributed by atoms with Gasteiger partial charge >= 0.3 is 0 Å². The van der Waals surface area contributed by atoms with E-state index in [1.807, 2.05) is 20.8 Å². The van der Waals surface area contributed by atoms with Crippen LogP contribution in [0, 0.1) is 17.8 Å². The molecular weight excluding hydrogens is 562 g/mol. The highest BCUT2D eigenvalue weighted by atomic mass is 33.1. The molecule has 0 fully saturated rings. The number of hydrogen-bond acceptors (Lipinski definition) is 9. The van der Waals surface area contributed by atoms with Crippen molar-refractivity contribution in [3.05, 3.63) is 0 Å². The predicted molar refractivity (Wildman–Crippen MR) is 169 cm³/mol. The van der Waals surface area contributed by atoms with E-state index >= 15 is 0 Å². The van der Waals surface area contributed by atoms with Crippen molar-refractivity contribution < 1.29 is 28.8 Å². The molecule has 0 bridgehead atoms. The third kappa shape index (κ3) is 15.9. The van der Waals surface area contributed by atoms with E-state index < -0.39 is 24.0 Å². The smallest absolute Gasteiger partial charge is 0.220 e. The van der Waals surface area contributed by atoms with E-state index in [2.05, 4.69) is 27.6 Å². The summed E-state index contributed by atoms with van der Waals surface area (Å²) in [5, 5.41) is 8.71. The number of carbonyl (C=O) groups excluding carboxylic acids is 6. The first kappa shape index (κ1) is 39.3. The third-order valence-corrected chi connectivity index (χ3v) is 7.99. The zero-order valence-corrected chi connectivity index (χ0v) is 27.9. The highest BCUT2D eigenvalue weighted by molar-refractivity contribution is 8.68. The number of rotatable bonds is 23. The first-order chi connectivity index (χ1) is 19.2. The van der Waals surface area contributed by atoms with Gasteiger partial charge in [-0.1, -0.05) is 66.2 Å². The van der Waals surface area contributed by atoms with E-state index in [-0.39, 0.29) is 84.9 Å². The zero-order chi connectivity index (χ0) is 31.7. The molecule has 0 radical (unpaired) electrons. The minimum Gasteiger partial charge on any atom is -0.346 e. The fourth-order valence-corrected chi connectivity index (χ4v) is 5.61. The van der Waals surface area contributed by atoms with Crippen LogP contribution in [0.1, 0.15) is 107 Å². The first-order valence-corrected chi connectivity index (χ1v) is 17.0. The highest BCUT2D eigenvalue weighted by Crippen LogP contribution is 2.19. The van der Waals surface area contributed by atoms with Crippen LogP contribution < -0.4 is 16.0 Å². The van der Waals surface area contributed by atoms with Crippen LogP contribution >= 0.6 is 22.5 Å². The molecule has 0 aromatic heterocycles. The molecule has 0 aliphatic carbocycles. The number of ketones is 4. The van der Waals surface area contributed by atoms with Crippen molar-refractivity contribution >= 4 is 57.4 Å². The van der Waals surface area contributed by atoms with Crippen molar-refractivity contribution in [1.82, 2.24) is 16.0 Å². The summed E-state index contributed by atoms with van der Waals surface area (Å²) in [4.78, 5) is 76.2. The maximum Gasteiger partial charge on any atom is 0.220 e. The van der Waals surface area contributed by atoms with Gasteiger partial charge in [0.1, 0.15) is 11.6 Å². The molecule has 0 aliphatic rings. The van der Waals surface area contributed by atoms with Gasteiger partial charge in [-0.3, -0.25) is 28.8 Å². The SMILES string of the molecule is CCC(=O)C(CCC(=O)NC(CCC(=O)NC(CCC(=O)C(CC)CSS)C(=O)C(C)C)C(=O)C(C)C)NC(C)C. The highest BCUT2D eigenvalue weighted by Gasteiger charge is 2.28. The summed E-state index contributed by atoms with van der Waals surface area (Å²) in [7, 11) is 1.31. The Morgan fingerprint density at radius 2 is 1.10 bits per heavy atom. The van der Waals surface area contributed by atoms with Crippen molar-refractivity contribution in [2.24, 2.45) is 17.8 Å². The minimum absolute atomic E-state index is 0.0241. The molecule has 0 spiro atoms. The van der Waals surface area contributed by atoms with Crippen LogP contribution in [-0.2, 0) is 28.8 Å². The summed E-state index contributed by atoms with van der Waals surface area (Å²) >= 11 is 4.14. The summed E-state index contributed by atoms with van der Waals surface area (Å²) in [5.41, 5.74) is 0. The van der Waals surface area contributed by atoms with E-state index in [4.69, 9.17) is 0 Å². The van der Waals surface area contributed by atoms with Crippen molar-refractivity contribution in [1.29, 1.82) is 0 Å². The lowest BCUT2D eigenvalue weighted by Crippen LogP contribution is -2.46. The lowest BCUT2D eigenvalue weighted by atomic mass is 9.93. The van der Waals surface area contributed by atoms with Crippen molar-refractivity contribution in [3.8, 4) is 0 Å². The first-order valence-electron chi connectivity index (χ1n) is 14.9. The molecule has 0 aromatic rings. The van der Waals surface area contributed by atoms with E-state index in [9.17, 15) is 28.8 Å². The Labute approximate surface area is 256 Å². The lowest BCUT2D eigenvalue weighted by Gasteiger charge is -2.23. The van der Waals surface area contributed by atoms with Gasteiger partial charge in [0, 0.05) is 55.2 Å².